The van der Waals surface area contributed by atoms with E-state index in [1.54, 1.807) is 17.2 Å². The van der Waals surface area contributed by atoms with Gasteiger partial charge in [-0.15, -0.1) is 6.58 Å². The molecule has 6 heteroatoms. The number of rotatable bonds is 4. The van der Waals surface area contributed by atoms with Crippen LogP contribution in [-0.2, 0) is 4.79 Å². The van der Waals surface area contributed by atoms with E-state index < -0.39 is 0 Å². The minimum Gasteiger partial charge on any atom is -0.289 e. The number of amides is 1. The van der Waals surface area contributed by atoms with E-state index in [1.807, 2.05) is 60.7 Å². The lowest BCUT2D eigenvalue weighted by Crippen LogP contribution is -2.44. The molecule has 3 aromatic rings. The smallest absolute Gasteiger partial charge is 0.232 e. The van der Waals surface area contributed by atoms with Gasteiger partial charge in [0.2, 0.25) is 5.91 Å². The Bertz CT molecular complexity index is 949. The summed E-state index contributed by atoms with van der Waals surface area (Å²) < 4.78 is 0. The van der Waals surface area contributed by atoms with Crippen LogP contribution < -0.4 is 4.90 Å². The van der Waals surface area contributed by atoms with Crippen molar-refractivity contribution in [3.05, 3.63) is 101 Å². The van der Waals surface area contributed by atoms with E-state index in [1.165, 1.54) is 6.33 Å². The maximum atomic E-state index is 13.0. The first-order valence-corrected chi connectivity index (χ1v) is 10.5. The Labute approximate surface area is 187 Å². The first-order chi connectivity index (χ1) is 14.6. The van der Waals surface area contributed by atoms with Crippen molar-refractivity contribution in [3.8, 4) is 0 Å². The third kappa shape index (κ3) is 5.68. The van der Waals surface area contributed by atoms with Crippen LogP contribution in [0.2, 0.25) is 10.0 Å². The van der Waals surface area contributed by atoms with Crippen molar-refractivity contribution >= 4 is 34.9 Å². The lowest BCUT2D eigenvalue weighted by molar-refractivity contribution is -0.124. The number of hydrogen-bond acceptors (Lipinski definition) is 3. The molecule has 2 aromatic carbocycles. The van der Waals surface area contributed by atoms with Crippen molar-refractivity contribution in [2.24, 2.45) is 5.92 Å². The Balaban J connectivity index is 0.000000310. The molecule has 30 heavy (non-hydrogen) atoms. The Morgan fingerprint density at radius 1 is 1.00 bits per heavy atom. The first-order valence-electron chi connectivity index (χ1n) is 9.76. The second-order valence-corrected chi connectivity index (χ2v) is 7.81. The fraction of sp³-hybridized carbons (Fsp3) is 0.208. The minimum absolute atomic E-state index is 0.0317. The predicted molar refractivity (Wildman–Crippen MR) is 123 cm³/mol. The number of nitrogens with zero attached hydrogens (tertiary/aromatic N) is 3. The van der Waals surface area contributed by atoms with Crippen molar-refractivity contribution in [2.45, 2.75) is 25.3 Å². The van der Waals surface area contributed by atoms with Gasteiger partial charge in [0, 0.05) is 22.2 Å². The quantitative estimate of drug-likeness (QED) is 0.434. The monoisotopic (exact) mass is 439 g/mol. The molecule has 0 saturated carbocycles. The topological polar surface area (TPSA) is 46.1 Å². The molecule has 1 fully saturated rings. The van der Waals surface area contributed by atoms with E-state index in [-0.39, 0.29) is 17.9 Å². The van der Waals surface area contributed by atoms with E-state index in [2.05, 4.69) is 16.5 Å². The van der Waals surface area contributed by atoms with E-state index in [4.69, 9.17) is 23.2 Å². The first kappa shape index (κ1) is 22.0. The second-order valence-electron chi connectivity index (χ2n) is 6.94. The number of benzene rings is 2. The molecule has 1 aliphatic rings. The summed E-state index contributed by atoms with van der Waals surface area (Å²) in [4.78, 5) is 23.0. The molecule has 0 radical (unpaired) electrons. The van der Waals surface area contributed by atoms with Gasteiger partial charge in [0.1, 0.15) is 12.1 Å². The second kappa shape index (κ2) is 10.9. The SMILES string of the molecule is C=CCC1CC[C@@H](c2ccc(Cl)cc2)N(c2ccncn2)C1=O.Clc1ccccc1. The summed E-state index contributed by atoms with van der Waals surface area (Å²) in [7, 11) is 0. The van der Waals surface area contributed by atoms with E-state index >= 15 is 0 Å². The van der Waals surface area contributed by atoms with Crippen LogP contribution in [0.15, 0.2) is 85.8 Å². The molecular weight excluding hydrogens is 417 g/mol. The number of carbonyl (C=O) groups excluding carboxylic acids is 1. The van der Waals surface area contributed by atoms with E-state index in [0.29, 0.717) is 17.3 Å². The summed E-state index contributed by atoms with van der Waals surface area (Å²) >= 11 is 11.5. The summed E-state index contributed by atoms with van der Waals surface area (Å²) in [5, 5.41) is 1.48. The van der Waals surface area contributed by atoms with Crippen LogP contribution in [0.25, 0.3) is 0 Å². The van der Waals surface area contributed by atoms with Crippen LogP contribution in [-0.4, -0.2) is 15.9 Å². The zero-order valence-electron chi connectivity index (χ0n) is 16.5. The zero-order valence-corrected chi connectivity index (χ0v) is 18.0. The van der Waals surface area contributed by atoms with Crippen molar-refractivity contribution in [1.82, 2.24) is 9.97 Å². The van der Waals surface area contributed by atoms with Crippen molar-refractivity contribution in [1.29, 1.82) is 0 Å². The number of halogens is 2. The average Bonchev–Trinajstić information content (AvgIpc) is 2.77. The van der Waals surface area contributed by atoms with Crippen LogP contribution in [0.1, 0.15) is 30.9 Å². The summed E-state index contributed by atoms with van der Waals surface area (Å²) in [6.07, 6.45) is 7.36. The molecule has 1 amide bonds. The molecule has 4 nitrogen and oxygen atoms in total. The van der Waals surface area contributed by atoms with Gasteiger partial charge in [0.25, 0.3) is 0 Å². The summed E-state index contributed by atoms with van der Waals surface area (Å²) in [6, 6.07) is 18.8. The number of piperidine rings is 1. The third-order valence-corrected chi connectivity index (χ3v) is 5.44. The van der Waals surface area contributed by atoms with Crippen molar-refractivity contribution in [2.75, 3.05) is 4.90 Å². The highest BCUT2D eigenvalue weighted by Gasteiger charge is 2.37. The van der Waals surface area contributed by atoms with E-state index in [9.17, 15) is 4.79 Å². The van der Waals surface area contributed by atoms with Gasteiger partial charge < -0.3 is 0 Å². The average molecular weight is 440 g/mol. The summed E-state index contributed by atoms with van der Waals surface area (Å²) in [5.41, 5.74) is 1.07. The number of anilines is 1. The number of hydrogen-bond donors (Lipinski definition) is 0. The number of carbonyl (C=O) groups is 1. The van der Waals surface area contributed by atoms with Crippen LogP contribution in [0.3, 0.4) is 0 Å². The lowest BCUT2D eigenvalue weighted by Gasteiger charge is -2.38. The number of aromatic nitrogens is 2. The van der Waals surface area contributed by atoms with Gasteiger partial charge in [-0.25, -0.2) is 9.97 Å². The maximum absolute atomic E-state index is 13.0. The minimum atomic E-state index is -0.0361. The van der Waals surface area contributed by atoms with Crippen molar-refractivity contribution in [3.63, 3.8) is 0 Å². The standard InChI is InChI=1S/C18H18ClN3O.C6H5Cl/c1-2-3-14-6-9-16(13-4-7-15(19)8-5-13)22(18(14)23)17-10-11-20-12-21-17;7-6-4-2-1-3-5-6/h2,4-5,7-8,10-12,14,16H,1,3,6,9H2;1-5H/t14?,16-;/m0./s1. The van der Waals surface area contributed by atoms with Crippen molar-refractivity contribution < 1.29 is 4.79 Å². The highest BCUT2D eigenvalue weighted by Crippen LogP contribution is 2.38. The molecule has 4 rings (SSSR count). The van der Waals surface area contributed by atoms with Gasteiger partial charge in [0.15, 0.2) is 0 Å². The Hall–Kier alpha value is -2.69. The molecule has 1 aliphatic heterocycles. The molecule has 1 unspecified atom stereocenters. The highest BCUT2D eigenvalue weighted by molar-refractivity contribution is 6.30. The van der Waals surface area contributed by atoms with Gasteiger partial charge in [-0.3, -0.25) is 9.69 Å². The fourth-order valence-electron chi connectivity index (χ4n) is 3.50. The van der Waals surface area contributed by atoms with Crippen LogP contribution >= 0.6 is 23.2 Å². The summed E-state index contributed by atoms with van der Waals surface area (Å²) in [5.74, 6) is 0.694. The molecule has 0 N–H and O–H groups in total. The molecule has 1 saturated heterocycles. The molecule has 2 atom stereocenters. The molecule has 154 valence electrons. The Kier molecular flexibility index (Phi) is 8.00. The van der Waals surface area contributed by atoms with Gasteiger partial charge in [-0.1, -0.05) is 59.6 Å². The Morgan fingerprint density at radius 2 is 1.70 bits per heavy atom. The third-order valence-electron chi connectivity index (χ3n) is 4.94. The van der Waals surface area contributed by atoms with Gasteiger partial charge in [-0.2, -0.15) is 0 Å². The Morgan fingerprint density at radius 3 is 2.27 bits per heavy atom. The van der Waals surface area contributed by atoms with Gasteiger partial charge in [-0.05, 0) is 55.2 Å². The van der Waals surface area contributed by atoms with Gasteiger partial charge >= 0.3 is 0 Å². The molecule has 0 spiro atoms. The largest absolute Gasteiger partial charge is 0.289 e. The maximum Gasteiger partial charge on any atom is 0.232 e. The molecule has 0 aliphatic carbocycles. The van der Waals surface area contributed by atoms with E-state index in [0.717, 1.165) is 23.4 Å². The lowest BCUT2D eigenvalue weighted by atomic mass is 9.86. The zero-order chi connectivity index (χ0) is 21.3. The fourth-order valence-corrected chi connectivity index (χ4v) is 3.77. The summed E-state index contributed by atoms with van der Waals surface area (Å²) in [6.45, 7) is 3.76. The predicted octanol–water partition coefficient (Wildman–Crippen LogP) is 6.53. The van der Waals surface area contributed by atoms with Crippen LogP contribution in [0, 0.1) is 5.92 Å². The molecular formula is C24H23Cl2N3O. The molecule has 2 heterocycles. The van der Waals surface area contributed by atoms with Crippen LogP contribution in [0.4, 0.5) is 5.82 Å². The van der Waals surface area contributed by atoms with Crippen LogP contribution in [0.5, 0.6) is 0 Å². The van der Waals surface area contributed by atoms with Gasteiger partial charge in [0.05, 0.1) is 6.04 Å². The normalized spacial score (nSPS) is 18.3. The molecule has 1 aromatic heterocycles. The number of allylic oxidation sites excluding steroid dienone is 1. The molecule has 0 bridgehead atoms. The highest BCUT2D eigenvalue weighted by atomic mass is 35.5.